The molecule has 0 radical (unpaired) electrons. The first kappa shape index (κ1) is 21.5. The number of hydrogen-bond acceptors (Lipinski definition) is 3. The summed E-state index contributed by atoms with van der Waals surface area (Å²) in [6.07, 6.45) is 4.12. The minimum absolute atomic E-state index is 0. The number of rotatable bonds is 7. The number of benzene rings is 1. The second-order valence-electron chi connectivity index (χ2n) is 7.46. The molecule has 1 atom stereocenters. The maximum Gasteiger partial charge on any atom is 0.318 e. The van der Waals surface area contributed by atoms with Crippen LogP contribution in [0.15, 0.2) is 18.2 Å². The molecule has 150 valence electrons. The van der Waals surface area contributed by atoms with Crippen molar-refractivity contribution < 1.29 is 14.7 Å². The Bertz CT molecular complexity index is 662. The van der Waals surface area contributed by atoms with Gasteiger partial charge in [-0.1, -0.05) is 18.2 Å². The van der Waals surface area contributed by atoms with Gasteiger partial charge in [-0.05, 0) is 68.3 Å². The van der Waals surface area contributed by atoms with Gasteiger partial charge in [-0.3, -0.25) is 4.79 Å². The Labute approximate surface area is 167 Å². The standard InChI is InChI=1S/C20H29N3O3.ClH/c1-14-12-16(3-5-19(24)25)2-4-17(14)18-13-22-20(26)23(18)11-8-15-6-9-21-10-7-15;/h2,4,12,15,18,21H,3,5-11,13H2,1H3,(H,22,26)(H,24,25);1H. The lowest BCUT2D eigenvalue weighted by Gasteiger charge is -2.28. The van der Waals surface area contributed by atoms with Crippen LogP contribution in [0.4, 0.5) is 4.79 Å². The smallest absolute Gasteiger partial charge is 0.318 e. The molecule has 7 heteroatoms. The number of carbonyl (C=O) groups is 2. The first-order valence-electron chi connectivity index (χ1n) is 9.61. The van der Waals surface area contributed by atoms with Crippen LogP contribution in [-0.4, -0.2) is 48.2 Å². The fraction of sp³-hybridized carbons (Fsp3) is 0.600. The molecule has 0 spiro atoms. The molecule has 27 heavy (non-hydrogen) atoms. The third-order valence-corrected chi connectivity index (χ3v) is 5.64. The summed E-state index contributed by atoms with van der Waals surface area (Å²) in [6, 6.07) is 6.22. The number of halogens is 1. The van der Waals surface area contributed by atoms with Gasteiger partial charge >= 0.3 is 12.0 Å². The predicted molar refractivity (Wildman–Crippen MR) is 107 cm³/mol. The lowest BCUT2D eigenvalue weighted by molar-refractivity contribution is -0.136. The molecule has 3 rings (SSSR count). The van der Waals surface area contributed by atoms with E-state index in [1.807, 2.05) is 17.9 Å². The van der Waals surface area contributed by atoms with Gasteiger partial charge in [-0.25, -0.2) is 4.79 Å². The Morgan fingerprint density at radius 1 is 1.30 bits per heavy atom. The highest BCUT2D eigenvalue weighted by molar-refractivity contribution is 5.85. The fourth-order valence-corrected chi connectivity index (χ4v) is 4.08. The zero-order valence-corrected chi connectivity index (χ0v) is 16.7. The van der Waals surface area contributed by atoms with E-state index in [9.17, 15) is 9.59 Å². The van der Waals surface area contributed by atoms with Crippen molar-refractivity contribution in [2.24, 2.45) is 5.92 Å². The van der Waals surface area contributed by atoms with Crippen LogP contribution >= 0.6 is 12.4 Å². The van der Waals surface area contributed by atoms with Gasteiger partial charge in [0.25, 0.3) is 0 Å². The van der Waals surface area contributed by atoms with Crippen LogP contribution in [-0.2, 0) is 11.2 Å². The van der Waals surface area contributed by atoms with Crippen LogP contribution in [0.1, 0.15) is 48.4 Å². The number of hydrogen-bond donors (Lipinski definition) is 3. The Morgan fingerprint density at radius 3 is 2.70 bits per heavy atom. The molecule has 2 aliphatic heterocycles. The number of nitrogens with zero attached hydrogens (tertiary/aromatic N) is 1. The number of carboxylic acid groups (broad SMARTS) is 1. The Kier molecular flexibility index (Phi) is 7.92. The van der Waals surface area contributed by atoms with Crippen molar-refractivity contribution in [2.75, 3.05) is 26.2 Å². The number of piperidine rings is 1. The molecule has 6 nitrogen and oxygen atoms in total. The number of nitrogens with one attached hydrogen (secondary N) is 2. The molecule has 0 bridgehead atoms. The molecular formula is C20H30ClN3O3. The lowest BCUT2D eigenvalue weighted by atomic mass is 9.93. The second kappa shape index (κ2) is 9.95. The molecule has 0 aliphatic carbocycles. The van der Waals surface area contributed by atoms with E-state index in [-0.39, 0.29) is 30.9 Å². The summed E-state index contributed by atoms with van der Waals surface area (Å²) < 4.78 is 0. The van der Waals surface area contributed by atoms with Gasteiger partial charge < -0.3 is 20.6 Å². The summed E-state index contributed by atoms with van der Waals surface area (Å²) in [5.41, 5.74) is 3.32. The van der Waals surface area contributed by atoms with Crippen LogP contribution in [0, 0.1) is 12.8 Å². The highest BCUT2D eigenvalue weighted by Crippen LogP contribution is 2.29. The Morgan fingerprint density at radius 2 is 2.04 bits per heavy atom. The maximum absolute atomic E-state index is 12.3. The van der Waals surface area contributed by atoms with E-state index in [1.54, 1.807) is 0 Å². The van der Waals surface area contributed by atoms with Crippen molar-refractivity contribution in [1.82, 2.24) is 15.5 Å². The largest absolute Gasteiger partial charge is 0.481 e. The first-order chi connectivity index (χ1) is 12.5. The van der Waals surface area contributed by atoms with Crippen LogP contribution in [0.5, 0.6) is 0 Å². The Hall–Kier alpha value is -1.79. The molecule has 1 aromatic carbocycles. The molecule has 2 amide bonds. The lowest BCUT2D eigenvalue weighted by Crippen LogP contribution is -2.34. The van der Waals surface area contributed by atoms with Crippen molar-refractivity contribution in [2.45, 2.75) is 45.1 Å². The molecule has 0 aromatic heterocycles. The monoisotopic (exact) mass is 395 g/mol. The predicted octanol–water partition coefficient (Wildman–Crippen LogP) is 2.89. The van der Waals surface area contributed by atoms with Crippen molar-refractivity contribution in [3.05, 3.63) is 34.9 Å². The van der Waals surface area contributed by atoms with Crippen LogP contribution in [0.3, 0.4) is 0 Å². The van der Waals surface area contributed by atoms with Crippen LogP contribution in [0.2, 0.25) is 0 Å². The average molecular weight is 396 g/mol. The van der Waals surface area contributed by atoms with Gasteiger partial charge in [0.15, 0.2) is 0 Å². The van der Waals surface area contributed by atoms with E-state index in [4.69, 9.17) is 5.11 Å². The summed E-state index contributed by atoms with van der Waals surface area (Å²) in [7, 11) is 0. The second-order valence-corrected chi connectivity index (χ2v) is 7.46. The third kappa shape index (κ3) is 5.59. The minimum atomic E-state index is -0.776. The van der Waals surface area contributed by atoms with E-state index in [0.29, 0.717) is 18.9 Å². The Balaban J connectivity index is 0.00000261. The van der Waals surface area contributed by atoms with Crippen LogP contribution < -0.4 is 10.6 Å². The topological polar surface area (TPSA) is 81.7 Å². The van der Waals surface area contributed by atoms with Gasteiger partial charge in [-0.15, -0.1) is 12.4 Å². The first-order valence-corrected chi connectivity index (χ1v) is 9.61. The molecule has 2 fully saturated rings. The molecule has 3 N–H and O–H groups in total. The van der Waals surface area contributed by atoms with Gasteiger partial charge in [0, 0.05) is 19.5 Å². The molecule has 1 unspecified atom stereocenters. The molecule has 1 aromatic rings. The summed E-state index contributed by atoms with van der Waals surface area (Å²) >= 11 is 0. The van der Waals surface area contributed by atoms with Crippen molar-refractivity contribution >= 4 is 24.4 Å². The quantitative estimate of drug-likeness (QED) is 0.663. The van der Waals surface area contributed by atoms with Crippen LogP contribution in [0.25, 0.3) is 0 Å². The molecule has 2 aliphatic rings. The number of amides is 2. The minimum Gasteiger partial charge on any atom is -0.481 e. The van der Waals surface area contributed by atoms with Gasteiger partial charge in [0.2, 0.25) is 0 Å². The van der Waals surface area contributed by atoms with Crippen molar-refractivity contribution in [3.8, 4) is 0 Å². The van der Waals surface area contributed by atoms with E-state index in [2.05, 4.69) is 22.8 Å². The average Bonchev–Trinajstić information content (AvgIpc) is 2.99. The summed E-state index contributed by atoms with van der Waals surface area (Å²) in [5.74, 6) is -0.0776. The zero-order valence-electron chi connectivity index (χ0n) is 15.9. The summed E-state index contributed by atoms with van der Waals surface area (Å²) in [4.78, 5) is 25.1. The number of aryl methyl sites for hydroxylation is 2. The van der Waals surface area contributed by atoms with E-state index >= 15 is 0 Å². The normalized spacial score (nSPS) is 20.3. The maximum atomic E-state index is 12.3. The number of aliphatic carboxylic acids is 1. The van der Waals surface area contributed by atoms with Gasteiger partial charge in [-0.2, -0.15) is 0 Å². The zero-order chi connectivity index (χ0) is 18.5. The van der Waals surface area contributed by atoms with E-state index in [0.717, 1.165) is 42.7 Å². The SMILES string of the molecule is Cc1cc(CCC(=O)O)ccc1C1CNC(=O)N1CCC1CCNCC1.Cl. The van der Waals surface area contributed by atoms with E-state index in [1.165, 1.54) is 12.8 Å². The third-order valence-electron chi connectivity index (χ3n) is 5.64. The number of urea groups is 1. The summed E-state index contributed by atoms with van der Waals surface area (Å²) in [6.45, 7) is 5.64. The fourth-order valence-electron chi connectivity index (χ4n) is 4.08. The number of carbonyl (C=O) groups excluding carboxylic acids is 1. The van der Waals surface area contributed by atoms with Crippen molar-refractivity contribution in [1.29, 1.82) is 0 Å². The van der Waals surface area contributed by atoms with Crippen molar-refractivity contribution in [3.63, 3.8) is 0 Å². The highest BCUT2D eigenvalue weighted by atomic mass is 35.5. The molecule has 0 saturated carbocycles. The van der Waals surface area contributed by atoms with Gasteiger partial charge in [0.1, 0.15) is 0 Å². The summed E-state index contributed by atoms with van der Waals surface area (Å²) in [5, 5.41) is 15.2. The highest BCUT2D eigenvalue weighted by Gasteiger charge is 2.32. The molecular weight excluding hydrogens is 366 g/mol. The van der Waals surface area contributed by atoms with Gasteiger partial charge in [0.05, 0.1) is 6.04 Å². The number of carboxylic acids is 1. The van der Waals surface area contributed by atoms with E-state index < -0.39 is 5.97 Å². The molecule has 2 saturated heterocycles. The molecule has 2 heterocycles.